The molecule has 1 heterocycles. The highest BCUT2D eigenvalue weighted by Gasteiger charge is 2.23. The van der Waals surface area contributed by atoms with Crippen molar-refractivity contribution in [1.82, 2.24) is 10.2 Å². The Balaban J connectivity index is 1.68. The molecule has 1 atom stereocenters. The summed E-state index contributed by atoms with van der Waals surface area (Å²) in [6, 6.07) is 13.7. The minimum atomic E-state index is -0.692. The van der Waals surface area contributed by atoms with Gasteiger partial charge in [-0.1, -0.05) is 24.3 Å². The molecule has 8 heteroatoms. The molecule has 1 aliphatic heterocycles. The zero-order chi connectivity index (χ0) is 23.6. The molecule has 3 rings (SSSR count). The quantitative estimate of drug-likeness (QED) is 0.554. The normalized spacial score (nSPS) is 14.5. The Bertz CT molecular complexity index is 982. The summed E-state index contributed by atoms with van der Waals surface area (Å²) in [5.41, 5.74) is 1.99. The SMILES string of the molecule is COc1ccccc1C(=O)NC(CCSC)C(=O)Nc1cccc(CN2CCCCC2=O)c1. The molecule has 0 radical (unpaired) electrons. The van der Waals surface area contributed by atoms with Crippen molar-refractivity contribution in [1.29, 1.82) is 0 Å². The first-order valence-corrected chi connectivity index (χ1v) is 12.5. The lowest BCUT2D eigenvalue weighted by molar-refractivity contribution is -0.133. The number of thioether (sulfide) groups is 1. The molecule has 2 N–H and O–H groups in total. The predicted octanol–water partition coefficient (Wildman–Crippen LogP) is 3.70. The number of hydrogen-bond acceptors (Lipinski definition) is 5. The molecule has 0 aliphatic carbocycles. The van der Waals surface area contributed by atoms with Gasteiger partial charge in [-0.25, -0.2) is 0 Å². The summed E-state index contributed by atoms with van der Waals surface area (Å²) in [4.78, 5) is 39.9. The van der Waals surface area contributed by atoms with Crippen LogP contribution in [0.3, 0.4) is 0 Å². The molecule has 176 valence electrons. The van der Waals surface area contributed by atoms with E-state index in [-0.39, 0.29) is 17.7 Å². The summed E-state index contributed by atoms with van der Waals surface area (Å²) in [6.07, 6.45) is 5.02. The number of hydrogen-bond donors (Lipinski definition) is 2. The summed E-state index contributed by atoms with van der Waals surface area (Å²) in [5, 5.41) is 5.78. The van der Waals surface area contributed by atoms with E-state index in [0.29, 0.717) is 36.4 Å². The van der Waals surface area contributed by atoms with Crippen LogP contribution in [-0.4, -0.2) is 54.3 Å². The van der Waals surface area contributed by atoms with Crippen LogP contribution in [0.2, 0.25) is 0 Å². The molecule has 0 spiro atoms. The van der Waals surface area contributed by atoms with Gasteiger partial charge in [-0.05, 0) is 61.1 Å². The maximum Gasteiger partial charge on any atom is 0.255 e. The number of carbonyl (C=O) groups is 3. The van der Waals surface area contributed by atoms with Crippen LogP contribution in [-0.2, 0) is 16.1 Å². The maximum absolute atomic E-state index is 13.1. The van der Waals surface area contributed by atoms with Crippen molar-refractivity contribution in [3.8, 4) is 5.75 Å². The second kappa shape index (κ2) is 12.3. The van der Waals surface area contributed by atoms with E-state index in [9.17, 15) is 14.4 Å². The van der Waals surface area contributed by atoms with Gasteiger partial charge in [0.05, 0.1) is 12.7 Å². The fourth-order valence-corrected chi connectivity index (χ4v) is 4.27. The Morgan fingerprint density at radius 2 is 1.97 bits per heavy atom. The zero-order valence-electron chi connectivity index (χ0n) is 19.1. The second-order valence-electron chi connectivity index (χ2n) is 7.97. The molecule has 33 heavy (non-hydrogen) atoms. The first-order chi connectivity index (χ1) is 16.0. The van der Waals surface area contributed by atoms with Crippen LogP contribution < -0.4 is 15.4 Å². The average Bonchev–Trinajstić information content (AvgIpc) is 2.83. The van der Waals surface area contributed by atoms with Gasteiger partial charge in [-0.2, -0.15) is 11.8 Å². The van der Waals surface area contributed by atoms with Crippen LogP contribution in [0.25, 0.3) is 0 Å². The van der Waals surface area contributed by atoms with E-state index in [1.165, 1.54) is 7.11 Å². The van der Waals surface area contributed by atoms with Gasteiger partial charge >= 0.3 is 0 Å². The fraction of sp³-hybridized carbons (Fsp3) is 0.400. The van der Waals surface area contributed by atoms with Crippen molar-refractivity contribution in [2.45, 2.75) is 38.3 Å². The number of anilines is 1. The fourth-order valence-electron chi connectivity index (χ4n) is 3.80. The van der Waals surface area contributed by atoms with Gasteiger partial charge in [-0.15, -0.1) is 0 Å². The molecule has 1 fully saturated rings. The largest absolute Gasteiger partial charge is 0.496 e. The van der Waals surface area contributed by atoms with Gasteiger partial charge < -0.3 is 20.3 Å². The molecule has 1 unspecified atom stereocenters. The topological polar surface area (TPSA) is 87.7 Å². The molecular weight excluding hydrogens is 438 g/mol. The minimum Gasteiger partial charge on any atom is -0.496 e. The minimum absolute atomic E-state index is 0.173. The number of amides is 3. The van der Waals surface area contributed by atoms with E-state index in [0.717, 1.165) is 30.7 Å². The van der Waals surface area contributed by atoms with Crippen molar-refractivity contribution in [3.05, 3.63) is 59.7 Å². The van der Waals surface area contributed by atoms with Crippen LogP contribution in [0.4, 0.5) is 5.69 Å². The van der Waals surface area contributed by atoms with E-state index < -0.39 is 6.04 Å². The number of piperidine rings is 1. The van der Waals surface area contributed by atoms with E-state index in [2.05, 4.69) is 10.6 Å². The molecule has 0 bridgehead atoms. The standard InChI is InChI=1S/C25H31N3O4S/c1-32-22-11-4-3-10-20(22)24(30)27-21(13-15-33-2)25(31)26-19-9-7-8-18(16-19)17-28-14-6-5-12-23(28)29/h3-4,7-11,16,21H,5-6,12-15,17H2,1-2H3,(H,26,31)(H,27,30). The average molecular weight is 470 g/mol. The van der Waals surface area contributed by atoms with E-state index in [4.69, 9.17) is 4.74 Å². The third-order valence-corrected chi connectivity index (χ3v) is 6.22. The number of ether oxygens (including phenoxy) is 1. The van der Waals surface area contributed by atoms with E-state index in [1.54, 1.807) is 36.0 Å². The van der Waals surface area contributed by atoms with Crippen LogP contribution >= 0.6 is 11.8 Å². The van der Waals surface area contributed by atoms with Crippen molar-refractivity contribution >= 4 is 35.2 Å². The van der Waals surface area contributed by atoms with Gasteiger partial charge in [0.25, 0.3) is 5.91 Å². The first kappa shape index (κ1) is 24.6. The Morgan fingerprint density at radius 1 is 1.15 bits per heavy atom. The lowest BCUT2D eigenvalue weighted by Crippen LogP contribution is -2.44. The molecule has 2 aromatic rings. The van der Waals surface area contributed by atoms with Crippen molar-refractivity contribution in [2.24, 2.45) is 0 Å². The summed E-state index contributed by atoms with van der Waals surface area (Å²) >= 11 is 1.61. The van der Waals surface area contributed by atoms with Crippen LogP contribution in [0, 0.1) is 0 Å². The van der Waals surface area contributed by atoms with Gasteiger partial charge in [0.15, 0.2) is 0 Å². The molecule has 2 aromatic carbocycles. The van der Waals surface area contributed by atoms with E-state index >= 15 is 0 Å². The van der Waals surface area contributed by atoms with Crippen molar-refractivity contribution in [2.75, 3.05) is 31.0 Å². The van der Waals surface area contributed by atoms with Gasteiger partial charge in [-0.3, -0.25) is 14.4 Å². The van der Waals surface area contributed by atoms with Crippen LogP contribution in [0.1, 0.15) is 41.6 Å². The van der Waals surface area contributed by atoms with Crippen molar-refractivity contribution in [3.63, 3.8) is 0 Å². The number of carbonyl (C=O) groups excluding carboxylic acids is 3. The number of nitrogens with zero attached hydrogens (tertiary/aromatic N) is 1. The van der Waals surface area contributed by atoms with E-state index in [1.807, 2.05) is 35.4 Å². The lowest BCUT2D eigenvalue weighted by Gasteiger charge is -2.27. The predicted molar refractivity (Wildman–Crippen MR) is 132 cm³/mol. The Morgan fingerprint density at radius 3 is 2.73 bits per heavy atom. The number of para-hydroxylation sites is 1. The third-order valence-electron chi connectivity index (χ3n) is 5.57. The highest BCUT2D eigenvalue weighted by atomic mass is 32.2. The Kier molecular flexibility index (Phi) is 9.18. The summed E-state index contributed by atoms with van der Waals surface area (Å²) in [6.45, 7) is 1.30. The lowest BCUT2D eigenvalue weighted by atomic mass is 10.1. The number of benzene rings is 2. The number of rotatable bonds is 10. The summed E-state index contributed by atoms with van der Waals surface area (Å²) in [5.74, 6) is 0.719. The Hall–Kier alpha value is -3.00. The molecule has 0 saturated carbocycles. The second-order valence-corrected chi connectivity index (χ2v) is 8.96. The number of likely N-dealkylation sites (tertiary alicyclic amines) is 1. The molecule has 1 aliphatic rings. The first-order valence-electron chi connectivity index (χ1n) is 11.1. The third kappa shape index (κ3) is 6.99. The van der Waals surface area contributed by atoms with Crippen molar-refractivity contribution < 1.29 is 19.1 Å². The zero-order valence-corrected chi connectivity index (χ0v) is 20.0. The van der Waals surface area contributed by atoms with Crippen LogP contribution in [0.5, 0.6) is 5.75 Å². The molecule has 1 saturated heterocycles. The van der Waals surface area contributed by atoms with Gasteiger partial charge in [0.1, 0.15) is 11.8 Å². The highest BCUT2D eigenvalue weighted by molar-refractivity contribution is 7.98. The monoisotopic (exact) mass is 469 g/mol. The molecule has 7 nitrogen and oxygen atoms in total. The number of methoxy groups -OCH3 is 1. The van der Waals surface area contributed by atoms with Crippen LogP contribution in [0.15, 0.2) is 48.5 Å². The van der Waals surface area contributed by atoms with Gasteiger partial charge in [0, 0.05) is 25.2 Å². The molecule has 0 aromatic heterocycles. The highest BCUT2D eigenvalue weighted by Crippen LogP contribution is 2.19. The Labute approximate surface area is 199 Å². The summed E-state index contributed by atoms with van der Waals surface area (Å²) < 4.78 is 5.27. The maximum atomic E-state index is 13.1. The summed E-state index contributed by atoms with van der Waals surface area (Å²) in [7, 11) is 1.51. The molecule has 3 amide bonds. The molecular formula is C25H31N3O4S. The van der Waals surface area contributed by atoms with Gasteiger partial charge in [0.2, 0.25) is 11.8 Å². The smallest absolute Gasteiger partial charge is 0.255 e. The number of nitrogens with one attached hydrogen (secondary N) is 2.